The van der Waals surface area contributed by atoms with E-state index in [9.17, 15) is 4.79 Å². The van der Waals surface area contributed by atoms with E-state index in [0.717, 1.165) is 42.2 Å². The van der Waals surface area contributed by atoms with Crippen molar-refractivity contribution in [2.45, 2.75) is 51.8 Å². The summed E-state index contributed by atoms with van der Waals surface area (Å²) in [6.07, 6.45) is 5.78. The predicted molar refractivity (Wildman–Crippen MR) is 102 cm³/mol. The van der Waals surface area contributed by atoms with Gasteiger partial charge in [-0.3, -0.25) is 4.68 Å². The highest BCUT2D eigenvalue weighted by Gasteiger charge is 2.20. The number of carbonyl (C=O) groups excluding carboxylic acids is 1. The number of likely N-dealkylation sites (tertiary alicyclic amines) is 1. The lowest BCUT2D eigenvalue weighted by molar-refractivity contribution is 0.0523. The zero-order chi connectivity index (χ0) is 18.7. The van der Waals surface area contributed by atoms with E-state index in [0.29, 0.717) is 12.6 Å². The number of thiazole rings is 1. The third-order valence-electron chi connectivity index (χ3n) is 4.29. The SMILES string of the molecule is CN1CCC(n2cc(-c3csc(CNC(=O)OC(C)(C)C)n3)cn2)CC1. The molecule has 3 rings (SSSR count). The predicted octanol–water partition coefficient (Wildman–Crippen LogP) is 3.30. The van der Waals surface area contributed by atoms with Crippen molar-refractivity contribution < 1.29 is 9.53 Å². The van der Waals surface area contributed by atoms with Gasteiger partial charge in [0.25, 0.3) is 0 Å². The number of alkyl carbamates (subject to hydrolysis) is 1. The van der Waals surface area contributed by atoms with Crippen LogP contribution in [0.4, 0.5) is 4.79 Å². The average Bonchev–Trinajstić information content (AvgIpc) is 3.21. The van der Waals surface area contributed by atoms with Gasteiger partial charge in [0.2, 0.25) is 0 Å². The zero-order valence-corrected chi connectivity index (χ0v) is 16.7. The number of carbonyl (C=O) groups is 1. The summed E-state index contributed by atoms with van der Waals surface area (Å²) in [6.45, 7) is 8.11. The molecule has 3 heterocycles. The van der Waals surface area contributed by atoms with Crippen LogP contribution in [0.5, 0.6) is 0 Å². The van der Waals surface area contributed by atoms with Crippen LogP contribution in [-0.2, 0) is 11.3 Å². The number of amides is 1. The first-order chi connectivity index (χ1) is 12.3. The number of hydrogen-bond donors (Lipinski definition) is 1. The molecule has 26 heavy (non-hydrogen) atoms. The van der Waals surface area contributed by atoms with E-state index in [1.54, 1.807) is 0 Å². The van der Waals surface area contributed by atoms with Crippen LogP contribution >= 0.6 is 11.3 Å². The van der Waals surface area contributed by atoms with Crippen LogP contribution in [0, 0.1) is 0 Å². The highest BCUT2D eigenvalue weighted by Crippen LogP contribution is 2.26. The third-order valence-corrected chi connectivity index (χ3v) is 5.14. The number of hydrogen-bond acceptors (Lipinski definition) is 6. The van der Waals surface area contributed by atoms with Gasteiger partial charge in [-0.25, -0.2) is 9.78 Å². The minimum absolute atomic E-state index is 0.364. The monoisotopic (exact) mass is 377 g/mol. The number of nitrogens with zero attached hydrogens (tertiary/aromatic N) is 4. The first kappa shape index (κ1) is 18.8. The van der Waals surface area contributed by atoms with Crippen molar-refractivity contribution in [3.05, 3.63) is 22.8 Å². The van der Waals surface area contributed by atoms with Crippen LogP contribution in [0.2, 0.25) is 0 Å². The highest BCUT2D eigenvalue weighted by atomic mass is 32.1. The van der Waals surface area contributed by atoms with Crippen LogP contribution in [0.1, 0.15) is 44.7 Å². The lowest BCUT2D eigenvalue weighted by Crippen LogP contribution is -2.32. The first-order valence-corrected chi connectivity index (χ1v) is 9.82. The molecule has 0 aromatic carbocycles. The number of piperidine rings is 1. The molecule has 0 atom stereocenters. The van der Waals surface area contributed by atoms with Crippen molar-refractivity contribution >= 4 is 17.4 Å². The molecule has 1 saturated heterocycles. The summed E-state index contributed by atoms with van der Waals surface area (Å²) < 4.78 is 7.31. The van der Waals surface area contributed by atoms with E-state index in [-0.39, 0.29) is 0 Å². The van der Waals surface area contributed by atoms with E-state index < -0.39 is 11.7 Å². The van der Waals surface area contributed by atoms with Crippen molar-refractivity contribution in [1.29, 1.82) is 0 Å². The molecule has 142 valence electrons. The van der Waals surface area contributed by atoms with E-state index >= 15 is 0 Å². The van der Waals surface area contributed by atoms with Crippen molar-refractivity contribution in [3.8, 4) is 11.3 Å². The number of aromatic nitrogens is 3. The summed E-state index contributed by atoms with van der Waals surface area (Å²) in [6, 6.07) is 0.465. The van der Waals surface area contributed by atoms with Crippen LogP contribution < -0.4 is 5.32 Å². The van der Waals surface area contributed by atoms with Gasteiger partial charge in [-0.2, -0.15) is 5.10 Å². The fourth-order valence-electron chi connectivity index (χ4n) is 2.92. The van der Waals surface area contributed by atoms with Gasteiger partial charge >= 0.3 is 6.09 Å². The second-order valence-corrected chi connectivity index (χ2v) is 8.67. The Hall–Kier alpha value is -1.93. The minimum atomic E-state index is -0.499. The third kappa shape index (κ3) is 5.04. The van der Waals surface area contributed by atoms with Crippen molar-refractivity contribution in [2.75, 3.05) is 20.1 Å². The van der Waals surface area contributed by atoms with E-state index in [2.05, 4.69) is 38.2 Å². The molecule has 7 nitrogen and oxygen atoms in total. The molecular weight excluding hydrogens is 350 g/mol. The Bertz CT molecular complexity index is 741. The maximum Gasteiger partial charge on any atom is 0.408 e. The highest BCUT2D eigenvalue weighted by molar-refractivity contribution is 7.09. The fraction of sp³-hybridized carbons (Fsp3) is 0.611. The lowest BCUT2D eigenvalue weighted by Gasteiger charge is -2.28. The van der Waals surface area contributed by atoms with Crippen molar-refractivity contribution in [2.24, 2.45) is 0 Å². The summed E-state index contributed by atoms with van der Waals surface area (Å²) in [5.74, 6) is 0. The largest absolute Gasteiger partial charge is 0.444 e. The molecule has 0 radical (unpaired) electrons. The molecule has 2 aromatic rings. The Balaban J connectivity index is 1.57. The molecule has 0 bridgehead atoms. The van der Waals surface area contributed by atoms with Gasteiger partial charge in [0.15, 0.2) is 0 Å². The molecule has 0 unspecified atom stereocenters. The number of nitrogens with one attached hydrogen (secondary N) is 1. The van der Waals surface area contributed by atoms with Gasteiger partial charge in [0.05, 0.1) is 24.5 Å². The summed E-state index contributed by atoms with van der Waals surface area (Å²) in [5, 5.41) is 10.1. The topological polar surface area (TPSA) is 72.3 Å². The molecule has 1 N–H and O–H groups in total. The van der Waals surface area contributed by atoms with Crippen LogP contribution in [-0.4, -0.2) is 51.5 Å². The summed E-state index contributed by atoms with van der Waals surface area (Å²) in [4.78, 5) is 18.7. The summed E-state index contributed by atoms with van der Waals surface area (Å²) in [5.41, 5.74) is 1.42. The van der Waals surface area contributed by atoms with Gasteiger partial charge in [0.1, 0.15) is 10.6 Å². The Morgan fingerprint density at radius 3 is 2.81 bits per heavy atom. The van der Waals surface area contributed by atoms with Gasteiger partial charge in [-0.15, -0.1) is 11.3 Å². The second kappa shape index (κ2) is 7.75. The molecular formula is C18H27N5O2S. The van der Waals surface area contributed by atoms with Crippen LogP contribution in [0.25, 0.3) is 11.3 Å². The fourth-order valence-corrected chi connectivity index (χ4v) is 3.66. The molecule has 2 aromatic heterocycles. The van der Waals surface area contributed by atoms with E-state index in [1.165, 1.54) is 11.3 Å². The number of ether oxygens (including phenoxy) is 1. The van der Waals surface area contributed by atoms with Crippen molar-refractivity contribution in [1.82, 2.24) is 25.0 Å². The quantitative estimate of drug-likeness (QED) is 0.885. The first-order valence-electron chi connectivity index (χ1n) is 8.94. The molecule has 1 amide bonds. The van der Waals surface area contributed by atoms with Crippen LogP contribution in [0.3, 0.4) is 0 Å². The standard InChI is InChI=1S/C18H27N5O2S/c1-18(2,3)25-17(24)19-10-16-21-15(12-26-16)13-9-20-23(11-13)14-5-7-22(4)8-6-14/h9,11-12,14H,5-8,10H2,1-4H3,(H,19,24). The molecule has 8 heteroatoms. The molecule has 0 spiro atoms. The Kier molecular flexibility index (Phi) is 5.62. The lowest BCUT2D eigenvalue weighted by atomic mass is 10.1. The normalized spacial score (nSPS) is 16.6. The Labute approximate surface area is 158 Å². The Morgan fingerprint density at radius 1 is 1.38 bits per heavy atom. The smallest absolute Gasteiger partial charge is 0.408 e. The van der Waals surface area contributed by atoms with Gasteiger partial charge in [0, 0.05) is 17.1 Å². The van der Waals surface area contributed by atoms with Gasteiger partial charge in [-0.1, -0.05) is 0 Å². The molecule has 1 aliphatic heterocycles. The van der Waals surface area contributed by atoms with Gasteiger partial charge < -0.3 is 15.0 Å². The van der Waals surface area contributed by atoms with Gasteiger partial charge in [-0.05, 0) is 53.8 Å². The second-order valence-electron chi connectivity index (χ2n) is 7.73. The van der Waals surface area contributed by atoms with E-state index in [1.807, 2.05) is 32.3 Å². The molecule has 0 aliphatic carbocycles. The maximum absolute atomic E-state index is 11.7. The zero-order valence-electron chi connectivity index (χ0n) is 15.9. The molecule has 1 fully saturated rings. The number of rotatable bonds is 4. The van der Waals surface area contributed by atoms with E-state index in [4.69, 9.17) is 4.74 Å². The average molecular weight is 378 g/mol. The Morgan fingerprint density at radius 2 is 2.12 bits per heavy atom. The molecule has 0 saturated carbocycles. The van der Waals surface area contributed by atoms with Crippen LogP contribution in [0.15, 0.2) is 17.8 Å². The maximum atomic E-state index is 11.7. The summed E-state index contributed by atoms with van der Waals surface area (Å²) in [7, 11) is 2.16. The minimum Gasteiger partial charge on any atom is -0.444 e. The van der Waals surface area contributed by atoms with Crippen molar-refractivity contribution in [3.63, 3.8) is 0 Å². The summed E-state index contributed by atoms with van der Waals surface area (Å²) >= 11 is 1.52. The molecule has 1 aliphatic rings.